The minimum absolute atomic E-state index is 0.119. The van der Waals surface area contributed by atoms with Gasteiger partial charge < -0.3 is 23.6 Å². The molecule has 8 nitrogen and oxygen atoms in total. The summed E-state index contributed by atoms with van der Waals surface area (Å²) in [5, 5.41) is 3.70. The van der Waals surface area contributed by atoms with Crippen molar-refractivity contribution in [3.63, 3.8) is 0 Å². The van der Waals surface area contributed by atoms with Crippen LogP contribution >= 0.6 is 0 Å². The Bertz CT molecular complexity index is 1540. The number of hydrogen-bond donors (Lipinski definition) is 1. The first-order chi connectivity index (χ1) is 18.4. The number of hydrogen-bond acceptors (Lipinski definition) is 8. The van der Waals surface area contributed by atoms with Crippen LogP contribution in [0.3, 0.4) is 0 Å². The highest BCUT2D eigenvalue weighted by atomic mass is 16.6. The lowest BCUT2D eigenvalue weighted by molar-refractivity contribution is -0.142. The average molecular weight is 516 g/mol. The Hall–Kier alpha value is -3.91. The van der Waals surface area contributed by atoms with Gasteiger partial charge in [0.2, 0.25) is 0 Å². The molecule has 0 amide bonds. The number of carbonyl (C=O) groups is 2. The van der Waals surface area contributed by atoms with Gasteiger partial charge in [-0.05, 0) is 57.4 Å². The van der Waals surface area contributed by atoms with Crippen LogP contribution in [0.15, 0.2) is 79.0 Å². The SMILES string of the molecule is CC1=C(C(=O)OC[C@@H]2CCCO2)[C@H](c2coc3ccc(C)cc3c2=O)C2=C(C[C@@H](c3ccco3)CC2=O)N1. The molecular formula is C30H29NO7. The van der Waals surface area contributed by atoms with Gasteiger partial charge in [-0.25, -0.2) is 4.79 Å². The lowest BCUT2D eigenvalue weighted by atomic mass is 9.72. The number of ether oxygens (including phenoxy) is 2. The summed E-state index contributed by atoms with van der Waals surface area (Å²) in [5.41, 5.74) is 3.20. The van der Waals surface area contributed by atoms with Crippen LogP contribution in [0.1, 0.15) is 61.3 Å². The van der Waals surface area contributed by atoms with Gasteiger partial charge in [-0.3, -0.25) is 9.59 Å². The second-order valence-corrected chi connectivity index (χ2v) is 10.3. The van der Waals surface area contributed by atoms with Gasteiger partial charge in [-0.2, -0.15) is 0 Å². The van der Waals surface area contributed by atoms with E-state index in [1.165, 1.54) is 6.26 Å². The number of Topliss-reactive ketones (excluding diaryl/α,β-unsaturated/α-hetero) is 1. The molecule has 3 aliphatic rings. The van der Waals surface area contributed by atoms with Crippen molar-refractivity contribution in [1.29, 1.82) is 0 Å². The minimum Gasteiger partial charge on any atom is -0.469 e. The Morgan fingerprint density at radius 1 is 1.13 bits per heavy atom. The van der Waals surface area contributed by atoms with Crippen molar-refractivity contribution in [2.75, 3.05) is 13.2 Å². The molecule has 0 radical (unpaired) electrons. The zero-order valence-electron chi connectivity index (χ0n) is 21.4. The van der Waals surface area contributed by atoms with Crippen molar-refractivity contribution in [3.05, 3.63) is 92.5 Å². The summed E-state index contributed by atoms with van der Waals surface area (Å²) in [6.45, 7) is 4.43. The molecule has 1 aromatic carbocycles. The Morgan fingerprint density at radius 3 is 2.76 bits per heavy atom. The molecule has 1 fully saturated rings. The maximum Gasteiger partial charge on any atom is 0.336 e. The van der Waals surface area contributed by atoms with E-state index in [2.05, 4.69) is 5.32 Å². The summed E-state index contributed by atoms with van der Waals surface area (Å²) in [4.78, 5) is 41.1. The molecule has 2 aromatic heterocycles. The average Bonchev–Trinajstić information content (AvgIpc) is 3.62. The molecule has 196 valence electrons. The van der Waals surface area contributed by atoms with Crippen LogP contribution in [0.25, 0.3) is 11.0 Å². The summed E-state index contributed by atoms with van der Waals surface area (Å²) >= 11 is 0. The van der Waals surface area contributed by atoms with Gasteiger partial charge in [0.15, 0.2) is 11.2 Å². The predicted molar refractivity (Wildman–Crippen MR) is 138 cm³/mol. The number of dihydropyridines is 1. The molecule has 0 spiro atoms. The number of nitrogens with one attached hydrogen (secondary N) is 1. The number of allylic oxidation sites excluding steroid dienone is 3. The summed E-state index contributed by atoms with van der Waals surface area (Å²) in [7, 11) is 0. The number of carbonyl (C=O) groups excluding carboxylic acids is 2. The summed E-state index contributed by atoms with van der Waals surface area (Å²) in [5.74, 6) is -1.04. The van der Waals surface area contributed by atoms with E-state index in [-0.39, 0.29) is 47.4 Å². The highest BCUT2D eigenvalue weighted by Gasteiger charge is 2.43. The lowest BCUT2D eigenvalue weighted by Gasteiger charge is -2.35. The Kier molecular flexibility index (Phi) is 6.27. The lowest BCUT2D eigenvalue weighted by Crippen LogP contribution is -2.37. The number of aryl methyl sites for hydroxylation is 1. The molecule has 1 saturated heterocycles. The molecule has 4 heterocycles. The van der Waals surface area contributed by atoms with E-state index in [1.54, 1.807) is 31.4 Å². The first kappa shape index (κ1) is 24.4. The van der Waals surface area contributed by atoms with Crippen molar-refractivity contribution in [2.45, 2.75) is 57.5 Å². The first-order valence-electron chi connectivity index (χ1n) is 13.0. The van der Waals surface area contributed by atoms with Crippen LogP contribution in [0.2, 0.25) is 0 Å². The fourth-order valence-electron chi connectivity index (χ4n) is 5.83. The van der Waals surface area contributed by atoms with Gasteiger partial charge in [-0.1, -0.05) is 11.6 Å². The number of rotatable bonds is 5. The van der Waals surface area contributed by atoms with Crippen LogP contribution in [-0.4, -0.2) is 31.1 Å². The third kappa shape index (κ3) is 4.28. The summed E-state index contributed by atoms with van der Waals surface area (Å²) in [6, 6.07) is 9.05. The molecule has 0 unspecified atom stereocenters. The second-order valence-electron chi connectivity index (χ2n) is 10.3. The van der Waals surface area contributed by atoms with E-state index in [0.29, 0.717) is 41.0 Å². The third-order valence-electron chi connectivity index (χ3n) is 7.68. The molecular weight excluding hydrogens is 486 g/mol. The number of esters is 1. The zero-order valence-corrected chi connectivity index (χ0v) is 21.4. The van der Waals surface area contributed by atoms with Crippen molar-refractivity contribution in [1.82, 2.24) is 5.32 Å². The Balaban J connectivity index is 1.45. The Labute approximate surface area is 219 Å². The van der Waals surface area contributed by atoms with Crippen LogP contribution < -0.4 is 10.7 Å². The number of furan rings is 1. The molecule has 38 heavy (non-hydrogen) atoms. The van der Waals surface area contributed by atoms with Gasteiger partial charge >= 0.3 is 5.97 Å². The molecule has 3 aromatic rings. The van der Waals surface area contributed by atoms with Gasteiger partial charge in [0.25, 0.3) is 0 Å². The van der Waals surface area contributed by atoms with Crippen molar-refractivity contribution in [2.24, 2.45) is 0 Å². The van der Waals surface area contributed by atoms with Crippen LogP contribution in [0.5, 0.6) is 0 Å². The van der Waals surface area contributed by atoms with Crippen LogP contribution in [0, 0.1) is 6.92 Å². The second kappa shape index (κ2) is 9.76. The topological polar surface area (TPSA) is 108 Å². The maximum atomic E-state index is 13.8. The molecule has 6 rings (SSSR count). The van der Waals surface area contributed by atoms with Crippen molar-refractivity contribution < 1.29 is 27.9 Å². The molecule has 3 atom stereocenters. The number of ketones is 1. The van der Waals surface area contributed by atoms with Gasteiger partial charge in [0.1, 0.15) is 18.0 Å². The first-order valence-corrected chi connectivity index (χ1v) is 13.0. The van der Waals surface area contributed by atoms with Gasteiger partial charge in [0, 0.05) is 41.5 Å². The zero-order chi connectivity index (χ0) is 26.4. The van der Waals surface area contributed by atoms with E-state index in [0.717, 1.165) is 24.2 Å². The molecule has 0 bridgehead atoms. The normalized spacial score (nSPS) is 23.5. The fraction of sp³-hybridized carbons (Fsp3) is 0.367. The predicted octanol–water partition coefficient (Wildman–Crippen LogP) is 4.78. The number of fused-ring (bicyclic) bond motifs is 1. The van der Waals surface area contributed by atoms with Crippen molar-refractivity contribution in [3.8, 4) is 0 Å². The van der Waals surface area contributed by atoms with E-state index in [9.17, 15) is 14.4 Å². The Morgan fingerprint density at radius 2 is 2.00 bits per heavy atom. The van der Waals surface area contributed by atoms with E-state index >= 15 is 0 Å². The molecule has 0 saturated carbocycles. The highest BCUT2D eigenvalue weighted by molar-refractivity contribution is 6.04. The molecule has 8 heteroatoms. The highest BCUT2D eigenvalue weighted by Crippen LogP contribution is 2.45. The maximum absolute atomic E-state index is 13.8. The van der Waals surface area contributed by atoms with Gasteiger partial charge in [0.05, 0.1) is 35.5 Å². The summed E-state index contributed by atoms with van der Waals surface area (Å²) in [6.07, 6.45) is 5.29. The summed E-state index contributed by atoms with van der Waals surface area (Å²) < 4.78 is 22.8. The van der Waals surface area contributed by atoms with Gasteiger partial charge in [-0.15, -0.1) is 0 Å². The molecule has 1 N–H and O–H groups in total. The van der Waals surface area contributed by atoms with Crippen molar-refractivity contribution >= 4 is 22.7 Å². The molecule has 1 aliphatic carbocycles. The van der Waals surface area contributed by atoms with Crippen LogP contribution in [-0.2, 0) is 19.1 Å². The largest absolute Gasteiger partial charge is 0.469 e. The molecule has 2 aliphatic heterocycles. The standard InChI is InChI=1S/C30H29NO7/c1-16-7-8-25-20(11-16)29(33)21(15-37-25)27-26(30(34)38-14-19-5-3-9-35-19)17(2)31-22-12-18(13-23(32)28(22)27)24-6-4-10-36-24/h4,6-8,10-11,15,18-19,27,31H,3,5,9,12-14H2,1-2H3/t18-,19+,27+/m1/s1. The van der Waals surface area contributed by atoms with E-state index in [1.807, 2.05) is 19.1 Å². The quantitative estimate of drug-likeness (QED) is 0.484. The van der Waals surface area contributed by atoms with E-state index in [4.69, 9.17) is 18.3 Å². The van der Waals surface area contributed by atoms with E-state index < -0.39 is 11.9 Å². The smallest absolute Gasteiger partial charge is 0.336 e. The monoisotopic (exact) mass is 515 g/mol. The minimum atomic E-state index is -0.908. The number of benzene rings is 1. The van der Waals surface area contributed by atoms with Crippen LogP contribution in [0.4, 0.5) is 0 Å². The fourth-order valence-corrected chi connectivity index (χ4v) is 5.83. The third-order valence-corrected chi connectivity index (χ3v) is 7.68.